The summed E-state index contributed by atoms with van der Waals surface area (Å²) in [5.41, 5.74) is -1.04. The Kier molecular flexibility index (Phi) is 9.20. The van der Waals surface area contributed by atoms with Crippen LogP contribution < -0.4 is 9.47 Å². The second-order valence-corrected chi connectivity index (χ2v) is 14.9. The first-order valence-electron chi connectivity index (χ1n) is 14.1. The lowest BCUT2D eigenvalue weighted by Crippen LogP contribution is -2.19. The summed E-state index contributed by atoms with van der Waals surface area (Å²) >= 11 is 5.98. The maximum atomic E-state index is 14.5. The van der Waals surface area contributed by atoms with E-state index in [0.717, 1.165) is 16.8 Å². The van der Waals surface area contributed by atoms with Crippen molar-refractivity contribution in [3.05, 3.63) is 69.8 Å². The fourth-order valence-corrected chi connectivity index (χ4v) is 7.31. The predicted octanol–water partition coefficient (Wildman–Crippen LogP) is 2.42. The standard InChI is InChI=1S/C29H20ClFN6O11S2/c30-23-16(11-18(12-20(23)31)48-26-24(28(38)39)32-35-33-26)7-10-50(44,45)22-13-21(22)37-25(29(40)41)27(34-36-37)47-17-3-1-15(2-4-17)6-9-49(42,43)19-5-8-46-14-19/h1-4,11-12,19,21-22H,5,8,13-14H2,(H,38,39)(H,40,41)(H,32,33,35). The molecule has 0 radical (unpaired) electrons. The van der Waals surface area contributed by atoms with E-state index in [0.29, 0.717) is 18.6 Å². The van der Waals surface area contributed by atoms with Gasteiger partial charge in [-0.3, -0.25) is 0 Å². The third-order valence-corrected chi connectivity index (χ3v) is 11.0. The molecule has 2 fully saturated rings. The van der Waals surface area contributed by atoms with E-state index in [-0.39, 0.29) is 30.1 Å². The molecule has 2 aliphatic rings. The number of sulfone groups is 2. The van der Waals surface area contributed by atoms with Gasteiger partial charge in [0.2, 0.25) is 31.1 Å². The molecule has 0 spiro atoms. The van der Waals surface area contributed by atoms with Crippen LogP contribution in [0.5, 0.6) is 23.3 Å². The Labute approximate surface area is 286 Å². The van der Waals surface area contributed by atoms with Crippen LogP contribution in [0.1, 0.15) is 51.0 Å². The Morgan fingerprint density at radius 3 is 2.38 bits per heavy atom. The number of nitrogens with one attached hydrogen (secondary N) is 1. The smallest absolute Gasteiger partial charge is 0.359 e. The summed E-state index contributed by atoms with van der Waals surface area (Å²) in [6.45, 7) is 0.436. The summed E-state index contributed by atoms with van der Waals surface area (Å²) in [7, 11) is -7.97. The summed E-state index contributed by atoms with van der Waals surface area (Å²) in [6.07, 6.45) is 0.280. The zero-order valence-corrected chi connectivity index (χ0v) is 27.3. The largest absolute Gasteiger partial charge is 0.476 e. The SMILES string of the molecule is O=C(O)c1[nH]nnc1Oc1cc(F)c(Cl)c(C#CS(=O)(=O)C2CC2n2nnc(Oc3ccc(C#CS(=O)(=O)C4CCOC4)cc3)c2C(=O)O)c1. The molecule has 1 saturated carbocycles. The van der Waals surface area contributed by atoms with E-state index in [9.17, 15) is 35.9 Å². The first-order valence-corrected chi connectivity index (χ1v) is 17.6. The van der Waals surface area contributed by atoms with Crippen molar-refractivity contribution < 1.29 is 55.2 Å². The van der Waals surface area contributed by atoms with Crippen molar-refractivity contribution in [2.45, 2.75) is 29.4 Å². The van der Waals surface area contributed by atoms with Crippen LogP contribution in [0.2, 0.25) is 5.02 Å². The second kappa shape index (κ2) is 13.4. The zero-order valence-electron chi connectivity index (χ0n) is 24.9. The molecule has 0 amide bonds. The first-order chi connectivity index (χ1) is 23.7. The lowest BCUT2D eigenvalue weighted by atomic mass is 10.2. The molecule has 3 atom stereocenters. The summed E-state index contributed by atoms with van der Waals surface area (Å²) in [5.74, 6) is -0.309. The minimum atomic E-state index is -4.28. The van der Waals surface area contributed by atoms with Crippen molar-refractivity contribution in [2.75, 3.05) is 13.2 Å². The van der Waals surface area contributed by atoms with E-state index in [1.807, 2.05) is 5.25 Å². The Balaban J connectivity index is 1.16. The molecule has 1 saturated heterocycles. The number of aromatic nitrogens is 6. The molecular weight excluding hydrogens is 727 g/mol. The van der Waals surface area contributed by atoms with Crippen molar-refractivity contribution >= 4 is 43.2 Å². The Hall–Kier alpha value is -5.54. The van der Waals surface area contributed by atoms with Gasteiger partial charge in [0.25, 0.3) is 11.8 Å². The third-order valence-electron chi connectivity index (χ3n) is 7.29. The van der Waals surface area contributed by atoms with Gasteiger partial charge in [0, 0.05) is 28.7 Å². The highest BCUT2D eigenvalue weighted by molar-refractivity contribution is 7.97. The van der Waals surface area contributed by atoms with Crippen molar-refractivity contribution in [3.8, 4) is 45.6 Å². The van der Waals surface area contributed by atoms with E-state index in [2.05, 4.69) is 42.8 Å². The zero-order chi connectivity index (χ0) is 35.8. The number of aromatic amines is 1. The molecule has 21 heteroatoms. The van der Waals surface area contributed by atoms with Gasteiger partial charge in [-0.2, -0.15) is 0 Å². The number of rotatable bonds is 9. The molecule has 50 heavy (non-hydrogen) atoms. The van der Waals surface area contributed by atoms with Gasteiger partial charge < -0.3 is 24.4 Å². The minimum Gasteiger partial charge on any atom is -0.476 e. The summed E-state index contributed by atoms with van der Waals surface area (Å²) < 4.78 is 82.2. The maximum Gasteiger partial charge on any atom is 0.359 e. The average Bonchev–Trinajstić information content (AvgIpc) is 3.41. The first kappa shape index (κ1) is 34.3. The number of hydrogen-bond donors (Lipinski definition) is 3. The third kappa shape index (κ3) is 7.23. The van der Waals surface area contributed by atoms with E-state index in [4.69, 9.17) is 30.9 Å². The van der Waals surface area contributed by atoms with Gasteiger partial charge in [0.15, 0.2) is 0 Å². The quantitative estimate of drug-likeness (QED) is 0.208. The predicted molar refractivity (Wildman–Crippen MR) is 167 cm³/mol. The van der Waals surface area contributed by atoms with Gasteiger partial charge in [-0.05, 0) is 49.1 Å². The number of aromatic carboxylic acids is 2. The molecule has 17 nitrogen and oxygen atoms in total. The Morgan fingerprint density at radius 1 is 0.980 bits per heavy atom. The number of carboxylic acids is 2. The van der Waals surface area contributed by atoms with Gasteiger partial charge in [-0.1, -0.05) is 38.1 Å². The molecule has 3 unspecified atom stereocenters. The van der Waals surface area contributed by atoms with Crippen molar-refractivity contribution in [1.29, 1.82) is 0 Å². The number of H-pyrrole nitrogens is 1. The van der Waals surface area contributed by atoms with Crippen LogP contribution in [0.4, 0.5) is 4.39 Å². The van der Waals surface area contributed by atoms with Crippen molar-refractivity contribution in [3.63, 3.8) is 0 Å². The molecule has 6 rings (SSSR count). The molecule has 2 aromatic heterocycles. The lowest BCUT2D eigenvalue weighted by Gasteiger charge is -2.06. The Morgan fingerprint density at radius 2 is 1.70 bits per heavy atom. The number of benzene rings is 2. The second-order valence-electron chi connectivity index (χ2n) is 10.7. The number of nitrogens with zero attached hydrogens (tertiary/aromatic N) is 5. The molecule has 4 aromatic rings. The molecular formula is C29H20ClFN6O11S2. The van der Waals surface area contributed by atoms with Crippen LogP contribution in [0.25, 0.3) is 0 Å². The number of halogens is 2. The highest BCUT2D eigenvalue weighted by atomic mass is 35.5. The molecule has 0 bridgehead atoms. The number of carboxylic acid groups (broad SMARTS) is 2. The van der Waals surface area contributed by atoms with Crippen LogP contribution in [0, 0.1) is 28.2 Å². The average molecular weight is 747 g/mol. The highest BCUT2D eigenvalue weighted by Crippen LogP contribution is 2.43. The highest BCUT2D eigenvalue weighted by Gasteiger charge is 2.51. The normalized spacial score (nSPS) is 18.3. The Bertz CT molecular complexity index is 2370. The fourth-order valence-electron chi connectivity index (χ4n) is 4.66. The van der Waals surface area contributed by atoms with Gasteiger partial charge in [0.05, 0.1) is 33.7 Å². The summed E-state index contributed by atoms with van der Waals surface area (Å²) in [5, 5.41) is 37.3. The molecule has 3 N–H and O–H groups in total. The van der Waals surface area contributed by atoms with Crippen molar-refractivity contribution in [2.24, 2.45) is 0 Å². The fraction of sp³-hybridized carbons (Fsp3) is 0.241. The number of ether oxygens (including phenoxy) is 3. The van der Waals surface area contributed by atoms with Crippen LogP contribution in [-0.2, 0) is 24.4 Å². The van der Waals surface area contributed by atoms with Gasteiger partial charge in [-0.25, -0.2) is 40.6 Å². The number of hydrogen-bond acceptors (Lipinski definition) is 13. The molecule has 1 aliphatic heterocycles. The van der Waals surface area contributed by atoms with E-state index in [1.165, 1.54) is 24.3 Å². The van der Waals surface area contributed by atoms with E-state index >= 15 is 0 Å². The lowest BCUT2D eigenvalue weighted by molar-refractivity contribution is 0.0672. The van der Waals surface area contributed by atoms with Crippen LogP contribution in [0.15, 0.2) is 36.4 Å². The summed E-state index contributed by atoms with van der Waals surface area (Å²) in [6, 6.07) is 6.61. The number of carbonyl (C=O) groups is 2. The molecule has 2 aromatic carbocycles. The van der Waals surface area contributed by atoms with Crippen molar-refractivity contribution in [1.82, 2.24) is 30.4 Å². The van der Waals surface area contributed by atoms with E-state index in [1.54, 1.807) is 0 Å². The molecule has 1 aliphatic carbocycles. The van der Waals surface area contributed by atoms with Crippen LogP contribution in [-0.4, -0.2) is 93.1 Å². The summed E-state index contributed by atoms with van der Waals surface area (Å²) in [4.78, 5) is 23.4. The van der Waals surface area contributed by atoms with Gasteiger partial charge >= 0.3 is 11.9 Å². The van der Waals surface area contributed by atoms with Crippen LogP contribution in [0.3, 0.4) is 0 Å². The minimum absolute atomic E-state index is 0.0846. The van der Waals surface area contributed by atoms with Crippen LogP contribution >= 0.6 is 11.6 Å². The monoisotopic (exact) mass is 746 g/mol. The maximum absolute atomic E-state index is 14.5. The topological polar surface area (TPSA) is 243 Å². The van der Waals surface area contributed by atoms with E-state index < -0.39 is 82.1 Å². The van der Waals surface area contributed by atoms with Gasteiger partial charge in [0.1, 0.15) is 17.3 Å². The van der Waals surface area contributed by atoms with Gasteiger partial charge in [-0.15, -0.1) is 0 Å². The molecule has 3 heterocycles. The molecule has 258 valence electrons.